The molecule has 0 amide bonds. The Labute approximate surface area is 208 Å². The van der Waals surface area contributed by atoms with E-state index in [-0.39, 0.29) is 0 Å². The molecule has 172 valence electrons. The van der Waals surface area contributed by atoms with Crippen LogP contribution in [0.25, 0.3) is 32.3 Å². The number of hydrogen-bond acceptors (Lipinski definition) is 1. The Balaban J connectivity index is 1.68. The Morgan fingerprint density at radius 2 is 1.11 bits per heavy atom. The molecule has 0 radical (unpaired) electrons. The van der Waals surface area contributed by atoms with Crippen LogP contribution in [0.4, 0.5) is 17.1 Å². The van der Waals surface area contributed by atoms with Gasteiger partial charge in [-0.1, -0.05) is 74.5 Å². The summed E-state index contributed by atoms with van der Waals surface area (Å²) in [7, 11) is 0. The molecule has 0 aromatic heterocycles. The molecule has 0 atom stereocenters. The number of rotatable bonds is 4. The molecule has 0 aliphatic heterocycles. The zero-order valence-electron chi connectivity index (χ0n) is 21.2. The molecule has 0 aliphatic carbocycles. The molecule has 1 nitrogen and oxygen atoms in total. The molecule has 6 rings (SSSR count). The standard InChI is InChI=1S/C34H31N/c1-21(2)25-8-13-28(14-9-25)35(29-19-22(3)18-23(4)20-29)32-17-12-27-10-15-30-24(5)6-7-26-11-16-31(32)34(27)33(26)30/h6-21H,1-5H3. The molecule has 1 heteroatoms. The van der Waals surface area contributed by atoms with E-state index in [2.05, 4.69) is 131 Å². The van der Waals surface area contributed by atoms with Gasteiger partial charge in [0.1, 0.15) is 0 Å². The van der Waals surface area contributed by atoms with E-state index in [4.69, 9.17) is 0 Å². The summed E-state index contributed by atoms with van der Waals surface area (Å²) in [6, 6.07) is 34.2. The van der Waals surface area contributed by atoms with E-state index in [0.717, 1.165) is 0 Å². The van der Waals surface area contributed by atoms with Gasteiger partial charge in [0, 0.05) is 16.8 Å². The third-order valence-electron chi connectivity index (χ3n) is 7.38. The Morgan fingerprint density at radius 3 is 1.77 bits per heavy atom. The first-order valence-electron chi connectivity index (χ1n) is 12.6. The van der Waals surface area contributed by atoms with Gasteiger partial charge >= 0.3 is 0 Å². The van der Waals surface area contributed by atoms with Gasteiger partial charge in [0.2, 0.25) is 0 Å². The summed E-state index contributed by atoms with van der Waals surface area (Å²) in [4.78, 5) is 2.43. The summed E-state index contributed by atoms with van der Waals surface area (Å²) in [6.45, 7) is 11.1. The number of anilines is 3. The van der Waals surface area contributed by atoms with Crippen LogP contribution in [0.2, 0.25) is 0 Å². The lowest BCUT2D eigenvalue weighted by Gasteiger charge is -2.28. The highest BCUT2D eigenvalue weighted by Gasteiger charge is 2.19. The van der Waals surface area contributed by atoms with Gasteiger partial charge in [-0.2, -0.15) is 0 Å². The van der Waals surface area contributed by atoms with Gasteiger partial charge in [-0.3, -0.25) is 0 Å². The normalized spacial score (nSPS) is 11.8. The third-order valence-corrected chi connectivity index (χ3v) is 7.38. The molecule has 0 heterocycles. The fraction of sp³-hybridized carbons (Fsp3) is 0.176. The van der Waals surface area contributed by atoms with Gasteiger partial charge in [-0.05, 0) is 106 Å². The van der Waals surface area contributed by atoms with Crippen molar-refractivity contribution in [3.05, 3.63) is 113 Å². The maximum absolute atomic E-state index is 2.43. The summed E-state index contributed by atoms with van der Waals surface area (Å²) in [5.74, 6) is 0.511. The molecule has 0 saturated heterocycles. The lowest BCUT2D eigenvalue weighted by Crippen LogP contribution is -2.11. The van der Waals surface area contributed by atoms with Crippen LogP contribution in [0.3, 0.4) is 0 Å². The Morgan fingerprint density at radius 1 is 0.543 bits per heavy atom. The van der Waals surface area contributed by atoms with E-state index in [1.54, 1.807) is 0 Å². The predicted molar refractivity (Wildman–Crippen MR) is 153 cm³/mol. The van der Waals surface area contributed by atoms with Crippen molar-refractivity contribution in [1.82, 2.24) is 0 Å². The lowest BCUT2D eigenvalue weighted by molar-refractivity contribution is 0.866. The zero-order valence-corrected chi connectivity index (χ0v) is 21.2. The molecule has 6 aromatic carbocycles. The molecule has 6 aromatic rings. The van der Waals surface area contributed by atoms with E-state index >= 15 is 0 Å². The minimum Gasteiger partial charge on any atom is -0.310 e. The van der Waals surface area contributed by atoms with E-state index in [0.29, 0.717) is 5.92 Å². The van der Waals surface area contributed by atoms with Crippen molar-refractivity contribution in [2.24, 2.45) is 0 Å². The second-order valence-corrected chi connectivity index (χ2v) is 10.3. The number of benzene rings is 6. The van der Waals surface area contributed by atoms with Crippen LogP contribution >= 0.6 is 0 Å². The maximum atomic E-state index is 2.43. The minimum absolute atomic E-state index is 0.511. The molecule has 0 saturated carbocycles. The Hall–Kier alpha value is -3.84. The topological polar surface area (TPSA) is 3.24 Å². The average Bonchev–Trinajstić information content (AvgIpc) is 2.84. The number of nitrogens with zero attached hydrogens (tertiary/aromatic N) is 1. The highest BCUT2D eigenvalue weighted by atomic mass is 15.1. The van der Waals surface area contributed by atoms with E-state index < -0.39 is 0 Å². The summed E-state index contributed by atoms with van der Waals surface area (Å²) in [6.07, 6.45) is 0. The molecule has 0 spiro atoms. The van der Waals surface area contributed by atoms with Gasteiger partial charge in [0.15, 0.2) is 0 Å². The smallest absolute Gasteiger partial charge is 0.0540 e. The molecule has 0 N–H and O–H groups in total. The van der Waals surface area contributed by atoms with E-state index in [1.165, 1.54) is 71.6 Å². The first-order chi connectivity index (χ1) is 16.9. The van der Waals surface area contributed by atoms with Crippen molar-refractivity contribution in [3.8, 4) is 0 Å². The maximum Gasteiger partial charge on any atom is 0.0540 e. The second kappa shape index (κ2) is 8.13. The van der Waals surface area contributed by atoms with Crippen LogP contribution in [-0.4, -0.2) is 0 Å². The van der Waals surface area contributed by atoms with Crippen molar-refractivity contribution in [2.75, 3.05) is 4.90 Å². The average molecular weight is 454 g/mol. The molecule has 35 heavy (non-hydrogen) atoms. The monoisotopic (exact) mass is 453 g/mol. The lowest BCUT2D eigenvalue weighted by atomic mass is 9.91. The SMILES string of the molecule is Cc1cc(C)cc(N(c2ccc(C(C)C)cc2)c2ccc3ccc4c(C)ccc5ccc2c3c54)c1. The third kappa shape index (κ3) is 3.54. The summed E-state index contributed by atoms with van der Waals surface area (Å²) in [5, 5.41) is 7.96. The highest BCUT2D eigenvalue weighted by molar-refractivity contribution is 6.26. The van der Waals surface area contributed by atoms with Crippen LogP contribution < -0.4 is 4.90 Å². The second-order valence-electron chi connectivity index (χ2n) is 10.3. The number of hydrogen-bond donors (Lipinski definition) is 0. The molecule has 0 aliphatic rings. The highest BCUT2D eigenvalue weighted by Crippen LogP contribution is 2.44. The van der Waals surface area contributed by atoms with Crippen LogP contribution in [0, 0.1) is 20.8 Å². The fourth-order valence-corrected chi connectivity index (χ4v) is 5.64. The van der Waals surface area contributed by atoms with Gasteiger partial charge in [-0.15, -0.1) is 0 Å². The zero-order chi connectivity index (χ0) is 24.3. The first-order valence-corrected chi connectivity index (χ1v) is 12.6. The minimum atomic E-state index is 0.511. The Kier molecular flexibility index (Phi) is 5.04. The van der Waals surface area contributed by atoms with Gasteiger partial charge in [0.25, 0.3) is 0 Å². The first kappa shape index (κ1) is 21.7. The largest absolute Gasteiger partial charge is 0.310 e. The van der Waals surface area contributed by atoms with Crippen LogP contribution in [0.15, 0.2) is 91.0 Å². The van der Waals surface area contributed by atoms with Crippen molar-refractivity contribution in [3.63, 3.8) is 0 Å². The molecule has 0 unspecified atom stereocenters. The number of aryl methyl sites for hydroxylation is 3. The molecular weight excluding hydrogens is 422 g/mol. The van der Waals surface area contributed by atoms with Gasteiger partial charge in [0.05, 0.1) is 5.69 Å². The van der Waals surface area contributed by atoms with Crippen LogP contribution in [0.5, 0.6) is 0 Å². The molecule has 0 fully saturated rings. The summed E-state index contributed by atoms with van der Waals surface area (Å²) >= 11 is 0. The van der Waals surface area contributed by atoms with Crippen molar-refractivity contribution >= 4 is 49.4 Å². The Bertz CT molecular complexity index is 1670. The van der Waals surface area contributed by atoms with Crippen LogP contribution in [0.1, 0.15) is 42.0 Å². The van der Waals surface area contributed by atoms with Crippen molar-refractivity contribution < 1.29 is 0 Å². The predicted octanol–water partition coefficient (Wildman–Crippen LogP) is 10.1. The fourth-order valence-electron chi connectivity index (χ4n) is 5.64. The van der Waals surface area contributed by atoms with E-state index in [9.17, 15) is 0 Å². The van der Waals surface area contributed by atoms with E-state index in [1.807, 2.05) is 0 Å². The van der Waals surface area contributed by atoms with Crippen molar-refractivity contribution in [2.45, 2.75) is 40.5 Å². The summed E-state index contributed by atoms with van der Waals surface area (Å²) < 4.78 is 0. The molecular formula is C34H31N. The van der Waals surface area contributed by atoms with Gasteiger partial charge < -0.3 is 4.90 Å². The summed E-state index contributed by atoms with van der Waals surface area (Å²) in [5.41, 5.74) is 8.84. The van der Waals surface area contributed by atoms with Crippen molar-refractivity contribution in [1.29, 1.82) is 0 Å². The van der Waals surface area contributed by atoms with Gasteiger partial charge in [-0.25, -0.2) is 0 Å². The quantitative estimate of drug-likeness (QED) is 0.240. The molecule has 0 bridgehead atoms. The van der Waals surface area contributed by atoms with Crippen LogP contribution in [-0.2, 0) is 0 Å².